The molecule has 0 bridgehead atoms. The fourth-order valence-electron chi connectivity index (χ4n) is 1.49. The van der Waals surface area contributed by atoms with Gasteiger partial charge in [-0.2, -0.15) is 5.10 Å². The Morgan fingerprint density at radius 1 is 1.47 bits per heavy atom. The topological polar surface area (TPSA) is 72.1 Å². The van der Waals surface area contributed by atoms with Crippen LogP contribution in [-0.2, 0) is 4.74 Å². The summed E-state index contributed by atoms with van der Waals surface area (Å²) in [5.74, 6) is -0.397. The number of H-pyrrole nitrogens is 1. The Kier molecular flexibility index (Phi) is 3.06. The van der Waals surface area contributed by atoms with Gasteiger partial charge >= 0.3 is 5.97 Å². The van der Waals surface area contributed by atoms with Crippen molar-refractivity contribution in [2.75, 3.05) is 7.11 Å². The minimum atomic E-state index is -0.397. The van der Waals surface area contributed by atoms with Gasteiger partial charge in [-0.1, -0.05) is 0 Å². The number of hydrogen-bond acceptors (Lipinski definition) is 5. The van der Waals surface area contributed by atoms with Crippen molar-refractivity contribution >= 4 is 17.3 Å². The number of aromatic amines is 1. The minimum absolute atomic E-state index is 0.277. The van der Waals surface area contributed by atoms with Gasteiger partial charge in [-0.25, -0.2) is 9.89 Å². The van der Waals surface area contributed by atoms with E-state index in [1.165, 1.54) is 24.5 Å². The molecule has 17 heavy (non-hydrogen) atoms. The lowest BCUT2D eigenvalue weighted by Crippen LogP contribution is -2.07. The number of carbonyl (C=O) groups excluding carboxylic acids is 1. The quantitative estimate of drug-likeness (QED) is 0.821. The van der Waals surface area contributed by atoms with E-state index < -0.39 is 5.97 Å². The van der Waals surface area contributed by atoms with Crippen molar-refractivity contribution in [1.82, 2.24) is 10.2 Å². The lowest BCUT2D eigenvalue weighted by molar-refractivity contribution is 0.0607. The number of nitrogens with one attached hydrogen (secondary N) is 1. The van der Waals surface area contributed by atoms with Crippen LogP contribution < -0.4 is 5.56 Å². The fraction of sp³-hybridized carbons (Fsp3) is 0.182. The molecule has 0 unspecified atom stereocenters. The van der Waals surface area contributed by atoms with E-state index in [4.69, 9.17) is 4.74 Å². The first-order valence-electron chi connectivity index (χ1n) is 4.86. The SMILES string of the molecule is COC(=O)c1scc(C)c1-c1ccc(=O)[nH]n1. The van der Waals surface area contributed by atoms with Crippen LogP contribution in [0.25, 0.3) is 11.3 Å². The highest BCUT2D eigenvalue weighted by atomic mass is 32.1. The van der Waals surface area contributed by atoms with Crippen molar-refractivity contribution in [3.63, 3.8) is 0 Å². The molecule has 0 fully saturated rings. The summed E-state index contributed by atoms with van der Waals surface area (Å²) in [7, 11) is 1.33. The monoisotopic (exact) mass is 250 g/mol. The Balaban J connectivity index is 2.58. The number of aryl methyl sites for hydroxylation is 1. The van der Waals surface area contributed by atoms with Crippen LogP contribution in [0.4, 0.5) is 0 Å². The van der Waals surface area contributed by atoms with Crippen LogP contribution in [0.3, 0.4) is 0 Å². The van der Waals surface area contributed by atoms with Gasteiger partial charge in [0.1, 0.15) is 4.88 Å². The van der Waals surface area contributed by atoms with E-state index >= 15 is 0 Å². The third kappa shape index (κ3) is 2.12. The van der Waals surface area contributed by atoms with Crippen molar-refractivity contribution in [2.45, 2.75) is 6.92 Å². The second-order valence-corrected chi connectivity index (χ2v) is 4.30. The number of esters is 1. The highest BCUT2D eigenvalue weighted by Gasteiger charge is 2.18. The number of thiophene rings is 1. The van der Waals surface area contributed by atoms with Crippen LogP contribution in [-0.4, -0.2) is 23.3 Å². The smallest absolute Gasteiger partial charge is 0.348 e. The summed E-state index contributed by atoms with van der Waals surface area (Å²) in [6, 6.07) is 2.96. The number of methoxy groups -OCH3 is 1. The second-order valence-electron chi connectivity index (χ2n) is 3.42. The van der Waals surface area contributed by atoms with Crippen molar-refractivity contribution in [1.29, 1.82) is 0 Å². The largest absolute Gasteiger partial charge is 0.465 e. The lowest BCUT2D eigenvalue weighted by atomic mass is 10.1. The molecule has 0 spiro atoms. The van der Waals surface area contributed by atoms with Crippen LogP contribution in [0.15, 0.2) is 22.3 Å². The molecule has 0 aliphatic heterocycles. The van der Waals surface area contributed by atoms with Crippen molar-refractivity contribution < 1.29 is 9.53 Å². The van der Waals surface area contributed by atoms with Crippen molar-refractivity contribution in [3.05, 3.63) is 38.3 Å². The number of hydrogen-bond donors (Lipinski definition) is 1. The summed E-state index contributed by atoms with van der Waals surface area (Å²) in [6.07, 6.45) is 0. The maximum Gasteiger partial charge on any atom is 0.348 e. The molecule has 0 amide bonds. The zero-order valence-electron chi connectivity index (χ0n) is 9.31. The van der Waals surface area contributed by atoms with Gasteiger partial charge < -0.3 is 4.74 Å². The molecule has 0 aliphatic rings. The Morgan fingerprint density at radius 3 is 2.82 bits per heavy atom. The Morgan fingerprint density at radius 2 is 2.24 bits per heavy atom. The predicted molar refractivity (Wildman–Crippen MR) is 64.2 cm³/mol. The van der Waals surface area contributed by atoms with Crippen molar-refractivity contribution in [3.8, 4) is 11.3 Å². The first kappa shape index (κ1) is 11.5. The van der Waals surface area contributed by atoms with Gasteiger partial charge in [0, 0.05) is 11.6 Å². The zero-order chi connectivity index (χ0) is 12.4. The molecule has 0 radical (unpaired) electrons. The minimum Gasteiger partial charge on any atom is -0.465 e. The van der Waals surface area contributed by atoms with Gasteiger partial charge in [-0.15, -0.1) is 11.3 Å². The van der Waals surface area contributed by atoms with Crippen LogP contribution in [0, 0.1) is 6.92 Å². The molecule has 2 aromatic rings. The maximum absolute atomic E-state index is 11.6. The van der Waals surface area contributed by atoms with E-state index in [-0.39, 0.29) is 5.56 Å². The fourth-order valence-corrected chi connectivity index (χ4v) is 2.46. The standard InChI is InChI=1S/C11H10N2O3S/c1-6-5-17-10(11(15)16-2)9(6)7-3-4-8(14)13-12-7/h3-5H,1-2H3,(H,13,14). The van der Waals surface area contributed by atoms with E-state index in [0.29, 0.717) is 16.1 Å². The molecule has 0 aliphatic carbocycles. The van der Waals surface area contributed by atoms with Gasteiger partial charge in [0.15, 0.2) is 0 Å². The number of ether oxygens (including phenoxy) is 1. The summed E-state index contributed by atoms with van der Waals surface area (Å²) >= 11 is 1.30. The molecule has 2 heterocycles. The predicted octanol–water partition coefficient (Wildman–Crippen LogP) is 1.59. The van der Waals surface area contributed by atoms with Crippen molar-refractivity contribution in [2.24, 2.45) is 0 Å². The summed E-state index contributed by atoms with van der Waals surface area (Å²) < 4.78 is 4.71. The van der Waals surface area contributed by atoms with E-state index in [1.807, 2.05) is 12.3 Å². The molecular formula is C11H10N2O3S. The Hall–Kier alpha value is -1.95. The highest BCUT2D eigenvalue weighted by molar-refractivity contribution is 7.12. The van der Waals surface area contributed by atoms with Gasteiger partial charge in [0.05, 0.1) is 12.8 Å². The van der Waals surface area contributed by atoms with Gasteiger partial charge in [-0.05, 0) is 23.9 Å². The van der Waals surface area contributed by atoms with E-state index in [9.17, 15) is 9.59 Å². The molecule has 0 saturated carbocycles. The zero-order valence-corrected chi connectivity index (χ0v) is 10.1. The van der Waals surface area contributed by atoms with E-state index in [1.54, 1.807) is 6.07 Å². The van der Waals surface area contributed by atoms with Crippen LogP contribution in [0.1, 0.15) is 15.2 Å². The molecule has 0 saturated heterocycles. The number of aromatic nitrogens is 2. The molecule has 5 nitrogen and oxygen atoms in total. The molecule has 6 heteroatoms. The molecule has 2 aromatic heterocycles. The van der Waals surface area contributed by atoms with Crippen LogP contribution >= 0.6 is 11.3 Å². The molecule has 0 atom stereocenters. The summed E-state index contributed by atoms with van der Waals surface area (Å²) in [4.78, 5) is 23.0. The lowest BCUT2D eigenvalue weighted by Gasteiger charge is -2.02. The molecule has 2 rings (SSSR count). The van der Waals surface area contributed by atoms with Crippen LogP contribution in [0.5, 0.6) is 0 Å². The summed E-state index contributed by atoms with van der Waals surface area (Å²) in [5.41, 5.74) is 1.91. The summed E-state index contributed by atoms with van der Waals surface area (Å²) in [5, 5.41) is 8.12. The Labute approximate surface area is 101 Å². The summed E-state index contributed by atoms with van der Waals surface area (Å²) in [6.45, 7) is 1.88. The molecular weight excluding hydrogens is 240 g/mol. The number of carbonyl (C=O) groups is 1. The second kappa shape index (κ2) is 4.50. The van der Waals surface area contributed by atoms with Gasteiger partial charge in [-0.3, -0.25) is 4.79 Å². The van der Waals surface area contributed by atoms with Gasteiger partial charge in [0.25, 0.3) is 5.56 Å². The number of rotatable bonds is 2. The third-order valence-corrected chi connectivity index (χ3v) is 3.36. The number of nitrogens with zero attached hydrogens (tertiary/aromatic N) is 1. The molecule has 88 valence electrons. The first-order chi connectivity index (χ1) is 8.13. The normalized spacial score (nSPS) is 10.2. The Bertz CT molecular complexity index is 595. The van der Waals surface area contributed by atoms with E-state index in [0.717, 1.165) is 5.56 Å². The first-order valence-corrected chi connectivity index (χ1v) is 5.74. The third-order valence-electron chi connectivity index (χ3n) is 2.28. The highest BCUT2D eigenvalue weighted by Crippen LogP contribution is 2.31. The maximum atomic E-state index is 11.6. The molecule has 0 aromatic carbocycles. The average Bonchev–Trinajstić information content (AvgIpc) is 2.71. The van der Waals surface area contributed by atoms with Gasteiger partial charge in [0.2, 0.25) is 0 Å². The van der Waals surface area contributed by atoms with Crippen LogP contribution in [0.2, 0.25) is 0 Å². The van der Waals surface area contributed by atoms with E-state index in [2.05, 4.69) is 10.2 Å². The average molecular weight is 250 g/mol. The molecule has 1 N–H and O–H groups in total.